The third-order valence-electron chi connectivity index (χ3n) is 7.71. The summed E-state index contributed by atoms with van der Waals surface area (Å²) in [5.41, 5.74) is 1.33. The molecular formula is C32H40F3N3O5Si. The van der Waals surface area contributed by atoms with Crippen LogP contribution >= 0.6 is 0 Å². The number of ketones is 1. The molecule has 0 radical (unpaired) electrons. The normalized spacial score (nSPS) is 16.5. The largest absolute Gasteiger partial charge is 0.466 e. The second-order valence-corrected chi connectivity index (χ2v) is 18.1. The number of hydrogen-bond donors (Lipinski definition) is 0. The van der Waals surface area contributed by atoms with Crippen molar-refractivity contribution in [2.75, 3.05) is 13.2 Å². The number of carbonyl (C=O) groups is 3. The number of rotatable bonds is 11. The Balaban J connectivity index is 1.85. The van der Waals surface area contributed by atoms with E-state index in [9.17, 15) is 27.6 Å². The first-order valence-corrected chi connectivity index (χ1v) is 18.7. The fraction of sp³-hybridized carbons (Fsp3) is 0.500. The van der Waals surface area contributed by atoms with Gasteiger partial charge >= 0.3 is 12.1 Å². The van der Waals surface area contributed by atoms with Crippen LogP contribution in [-0.2, 0) is 38.5 Å². The molecule has 12 heteroatoms. The van der Waals surface area contributed by atoms with Crippen LogP contribution in [0.1, 0.15) is 66.4 Å². The van der Waals surface area contributed by atoms with Gasteiger partial charge in [0.15, 0.2) is 0 Å². The minimum atomic E-state index is -4.61. The molecule has 1 amide bonds. The van der Waals surface area contributed by atoms with Crippen LogP contribution in [0.15, 0.2) is 47.5 Å². The quantitative estimate of drug-likeness (QED) is 0.134. The van der Waals surface area contributed by atoms with Crippen LogP contribution in [0.5, 0.6) is 0 Å². The number of esters is 1. The lowest BCUT2D eigenvalue weighted by atomic mass is 9.83. The predicted octanol–water partition coefficient (Wildman–Crippen LogP) is 6.69. The summed E-state index contributed by atoms with van der Waals surface area (Å²) in [5, 5.41) is 0. The topological polar surface area (TPSA) is 91.9 Å². The van der Waals surface area contributed by atoms with E-state index in [1.165, 1.54) is 19.1 Å². The summed E-state index contributed by atoms with van der Waals surface area (Å²) < 4.78 is 55.0. The first kappa shape index (κ1) is 33.4. The molecule has 8 nitrogen and oxygen atoms in total. The zero-order valence-electron chi connectivity index (χ0n) is 25.7. The van der Waals surface area contributed by atoms with E-state index in [0.717, 1.165) is 43.0 Å². The van der Waals surface area contributed by atoms with Gasteiger partial charge in [-0.2, -0.15) is 18.2 Å². The number of benzene rings is 2. The third kappa shape index (κ3) is 8.56. The molecule has 1 aliphatic rings. The fourth-order valence-electron chi connectivity index (χ4n) is 5.32. The van der Waals surface area contributed by atoms with E-state index in [0.29, 0.717) is 37.0 Å². The van der Waals surface area contributed by atoms with E-state index in [2.05, 4.69) is 24.6 Å². The highest BCUT2D eigenvalue weighted by atomic mass is 28.3. The Bertz CT molecular complexity index is 1590. The standard InChI is InChI=1S/C32H40F3N3O5Si/c1-22(39)43-16-8-15-37-27-14-13-23(26-11-5-6-12-29(26)40)20-28(27)38(21-42-17-18-44(2,3)4)31(37)36-30(41)24-9-7-10-25(19-24)32(33,34)35/h7,9-10,13-14,19-20,26H,5-6,8,11-12,15-18,21H2,1-4H3/b36-31-. The average molecular weight is 632 g/mol. The third-order valence-corrected chi connectivity index (χ3v) is 9.41. The number of nitrogens with zero attached hydrogens (tertiary/aromatic N) is 3. The van der Waals surface area contributed by atoms with E-state index in [1.54, 1.807) is 9.13 Å². The van der Waals surface area contributed by atoms with Crippen LogP contribution in [0.25, 0.3) is 11.0 Å². The van der Waals surface area contributed by atoms with Crippen LogP contribution in [0, 0.1) is 0 Å². The van der Waals surface area contributed by atoms with Gasteiger partial charge < -0.3 is 14.0 Å². The molecule has 0 spiro atoms. The molecule has 1 fully saturated rings. The van der Waals surface area contributed by atoms with Gasteiger partial charge in [0.25, 0.3) is 5.91 Å². The number of fused-ring (bicyclic) bond motifs is 1. The lowest BCUT2D eigenvalue weighted by molar-refractivity contribution is -0.141. The number of alkyl halides is 3. The highest BCUT2D eigenvalue weighted by Gasteiger charge is 2.31. The van der Waals surface area contributed by atoms with Crippen molar-refractivity contribution >= 4 is 36.8 Å². The SMILES string of the molecule is CC(=O)OCCCn1/c(=N/C(=O)c2cccc(C(F)(F)F)c2)n(COCC[Si](C)(C)C)c2cc(C3CCCCC3=O)ccc21. The molecule has 0 aliphatic heterocycles. The maximum absolute atomic E-state index is 13.4. The summed E-state index contributed by atoms with van der Waals surface area (Å²) in [6, 6.07) is 10.8. The van der Waals surface area contributed by atoms with Crippen LogP contribution in [0.2, 0.25) is 25.7 Å². The van der Waals surface area contributed by atoms with E-state index in [-0.39, 0.29) is 36.2 Å². The molecule has 0 saturated heterocycles. The van der Waals surface area contributed by atoms with Gasteiger partial charge in [0.2, 0.25) is 5.62 Å². The van der Waals surface area contributed by atoms with Crippen molar-refractivity contribution < 1.29 is 37.0 Å². The highest BCUT2D eigenvalue weighted by molar-refractivity contribution is 6.76. The number of ether oxygens (including phenoxy) is 2. The Morgan fingerprint density at radius 1 is 1.02 bits per heavy atom. The van der Waals surface area contributed by atoms with E-state index < -0.39 is 31.7 Å². The van der Waals surface area contributed by atoms with E-state index in [4.69, 9.17) is 9.47 Å². The van der Waals surface area contributed by atoms with Crippen molar-refractivity contribution in [1.82, 2.24) is 9.13 Å². The van der Waals surface area contributed by atoms with Gasteiger partial charge in [-0.1, -0.05) is 38.2 Å². The summed E-state index contributed by atoms with van der Waals surface area (Å²) >= 11 is 0. The van der Waals surface area contributed by atoms with Crippen molar-refractivity contribution in [3.05, 3.63) is 64.8 Å². The summed E-state index contributed by atoms with van der Waals surface area (Å²) in [7, 11) is -1.41. The van der Waals surface area contributed by atoms with Crippen LogP contribution < -0.4 is 5.62 Å². The smallest absolute Gasteiger partial charge is 0.416 e. The molecule has 2 aromatic carbocycles. The van der Waals surface area contributed by atoms with Gasteiger partial charge in [0, 0.05) is 46.1 Å². The van der Waals surface area contributed by atoms with Crippen LogP contribution in [0.4, 0.5) is 13.2 Å². The summed E-state index contributed by atoms with van der Waals surface area (Å²) in [6.45, 7) is 9.01. The number of aromatic nitrogens is 2. The minimum absolute atomic E-state index is 0.0503. The predicted molar refractivity (Wildman–Crippen MR) is 163 cm³/mol. The lowest BCUT2D eigenvalue weighted by Crippen LogP contribution is -2.30. The van der Waals surface area contributed by atoms with Crippen molar-refractivity contribution in [3.63, 3.8) is 0 Å². The van der Waals surface area contributed by atoms with Gasteiger partial charge in [-0.3, -0.25) is 19.0 Å². The Labute approximate surface area is 255 Å². The molecule has 238 valence electrons. The Kier molecular flexibility index (Phi) is 10.7. The molecular weight excluding hydrogens is 591 g/mol. The van der Waals surface area contributed by atoms with E-state index >= 15 is 0 Å². The lowest BCUT2D eigenvalue weighted by Gasteiger charge is -2.21. The van der Waals surface area contributed by atoms with Gasteiger partial charge in [-0.15, -0.1) is 0 Å². The maximum Gasteiger partial charge on any atom is 0.416 e. The molecule has 1 aliphatic carbocycles. The molecule has 1 atom stereocenters. The number of halogens is 3. The summed E-state index contributed by atoms with van der Waals surface area (Å²) in [6.07, 6.45) is -1.08. The molecule has 44 heavy (non-hydrogen) atoms. The fourth-order valence-corrected chi connectivity index (χ4v) is 6.08. The molecule has 3 aromatic rings. The second kappa shape index (κ2) is 14.1. The molecule has 1 saturated carbocycles. The van der Waals surface area contributed by atoms with Crippen molar-refractivity contribution in [1.29, 1.82) is 0 Å². The maximum atomic E-state index is 13.4. The molecule has 1 aromatic heterocycles. The van der Waals surface area contributed by atoms with E-state index in [1.807, 2.05) is 18.2 Å². The van der Waals surface area contributed by atoms with Crippen molar-refractivity contribution in [3.8, 4) is 0 Å². The van der Waals surface area contributed by atoms with Gasteiger partial charge in [-0.25, -0.2) is 0 Å². The molecule has 1 unspecified atom stereocenters. The van der Waals surface area contributed by atoms with Gasteiger partial charge in [0.05, 0.1) is 23.2 Å². The highest BCUT2D eigenvalue weighted by Crippen LogP contribution is 2.32. The second-order valence-electron chi connectivity index (χ2n) is 12.4. The van der Waals surface area contributed by atoms with Crippen molar-refractivity contribution in [2.45, 2.75) is 90.1 Å². The monoisotopic (exact) mass is 631 g/mol. The Hall–Kier alpha value is -3.51. The Morgan fingerprint density at radius 2 is 1.80 bits per heavy atom. The first-order valence-electron chi connectivity index (χ1n) is 15.0. The van der Waals surface area contributed by atoms with Crippen LogP contribution in [0.3, 0.4) is 0 Å². The number of Topliss-reactive ketones (excluding diaryl/α,β-unsaturated/α-hetero) is 1. The van der Waals surface area contributed by atoms with Gasteiger partial charge in [0.1, 0.15) is 12.5 Å². The van der Waals surface area contributed by atoms with Crippen molar-refractivity contribution in [2.24, 2.45) is 4.99 Å². The molecule has 0 bridgehead atoms. The van der Waals surface area contributed by atoms with Crippen LogP contribution in [-0.4, -0.2) is 48.1 Å². The van der Waals surface area contributed by atoms with Gasteiger partial charge in [-0.05, 0) is 61.2 Å². The summed E-state index contributed by atoms with van der Waals surface area (Å²) in [4.78, 5) is 41.9. The number of imidazole rings is 1. The minimum Gasteiger partial charge on any atom is -0.466 e. The molecule has 4 rings (SSSR count). The zero-order valence-corrected chi connectivity index (χ0v) is 26.7. The number of hydrogen-bond acceptors (Lipinski definition) is 5. The zero-order chi connectivity index (χ0) is 32.1. The first-order chi connectivity index (χ1) is 20.7. The molecule has 1 heterocycles. The Morgan fingerprint density at radius 3 is 2.48 bits per heavy atom. The number of aryl methyl sites for hydroxylation is 1. The number of amides is 1. The average Bonchev–Trinajstić information content (AvgIpc) is 3.23. The molecule has 0 N–H and O–H groups in total. The number of carbonyl (C=O) groups excluding carboxylic acids is 3. The summed E-state index contributed by atoms with van der Waals surface area (Å²) in [5.74, 6) is -1.29.